The Bertz CT molecular complexity index is 623. The fraction of sp³-hybridized carbons (Fsp3) is 0.400. The van der Waals surface area contributed by atoms with Crippen molar-refractivity contribution < 1.29 is 0 Å². The molecular weight excluding hydrogens is 302 g/mol. The van der Waals surface area contributed by atoms with Crippen LogP contribution < -0.4 is 5.32 Å². The van der Waals surface area contributed by atoms with Crippen LogP contribution >= 0.6 is 15.9 Å². The van der Waals surface area contributed by atoms with Crippen molar-refractivity contribution in [3.63, 3.8) is 0 Å². The number of hydrogen-bond donors (Lipinski definition) is 1. The van der Waals surface area contributed by atoms with E-state index in [1.165, 1.54) is 11.3 Å². The molecule has 0 unspecified atom stereocenters. The Morgan fingerprint density at radius 3 is 2.68 bits per heavy atom. The van der Waals surface area contributed by atoms with Gasteiger partial charge in [0.05, 0.1) is 11.4 Å². The van der Waals surface area contributed by atoms with Gasteiger partial charge in [-0.2, -0.15) is 5.10 Å². The number of fused-ring (bicyclic) bond motifs is 1. The number of nitrogens with zero attached hydrogens (tertiary/aromatic N) is 2. The Hall–Kier alpha value is -1.29. The predicted octanol–water partition coefficient (Wildman–Crippen LogP) is 3.90. The molecule has 0 amide bonds. The molecule has 0 radical (unpaired) electrons. The lowest BCUT2D eigenvalue weighted by Gasteiger charge is -2.16. The summed E-state index contributed by atoms with van der Waals surface area (Å²) in [7, 11) is 0. The van der Waals surface area contributed by atoms with Crippen LogP contribution in [0.15, 0.2) is 28.7 Å². The summed E-state index contributed by atoms with van der Waals surface area (Å²) in [5.41, 5.74) is 3.72. The van der Waals surface area contributed by atoms with Crippen LogP contribution in [0, 0.1) is 0 Å². The number of aromatic nitrogens is 2. The van der Waals surface area contributed by atoms with Crippen molar-refractivity contribution in [3.8, 4) is 5.69 Å². The van der Waals surface area contributed by atoms with E-state index < -0.39 is 0 Å². The van der Waals surface area contributed by atoms with Crippen molar-refractivity contribution in [2.75, 3.05) is 11.9 Å². The lowest BCUT2D eigenvalue weighted by atomic mass is 9.89. The standard InChI is InChI=1S/C15H18BrN3/c1-15(2,3)13-10-8-9-17-14(10)19(18-13)12-7-5-4-6-11(12)16/h4-7,17H,8-9H2,1-3H3. The largest absolute Gasteiger partial charge is 0.369 e. The molecular formula is C15H18BrN3. The van der Waals surface area contributed by atoms with E-state index in [1.807, 2.05) is 16.8 Å². The molecule has 3 rings (SSSR count). The molecule has 0 bridgehead atoms. The van der Waals surface area contributed by atoms with Gasteiger partial charge in [0.2, 0.25) is 0 Å². The van der Waals surface area contributed by atoms with Gasteiger partial charge in [0.1, 0.15) is 5.82 Å². The first-order valence-electron chi connectivity index (χ1n) is 6.59. The second-order valence-electron chi connectivity index (χ2n) is 5.97. The zero-order valence-electron chi connectivity index (χ0n) is 11.5. The van der Waals surface area contributed by atoms with Gasteiger partial charge in [-0.25, -0.2) is 4.68 Å². The maximum absolute atomic E-state index is 4.86. The van der Waals surface area contributed by atoms with Crippen LogP contribution in [0.5, 0.6) is 0 Å². The van der Waals surface area contributed by atoms with Crippen molar-refractivity contribution in [2.24, 2.45) is 0 Å². The van der Waals surface area contributed by atoms with Crippen molar-refractivity contribution >= 4 is 21.7 Å². The number of anilines is 1. The third-order valence-corrected chi connectivity index (χ3v) is 4.11. The van der Waals surface area contributed by atoms with Gasteiger partial charge in [0, 0.05) is 22.0 Å². The third kappa shape index (κ3) is 2.08. The van der Waals surface area contributed by atoms with E-state index in [2.05, 4.69) is 54.2 Å². The highest BCUT2D eigenvalue weighted by Crippen LogP contribution is 2.36. The Kier molecular flexibility index (Phi) is 2.93. The molecule has 1 aliphatic rings. The summed E-state index contributed by atoms with van der Waals surface area (Å²) in [5, 5.41) is 8.32. The van der Waals surface area contributed by atoms with Gasteiger partial charge in [-0.15, -0.1) is 0 Å². The van der Waals surface area contributed by atoms with Crippen LogP contribution in [0.25, 0.3) is 5.69 Å². The van der Waals surface area contributed by atoms with E-state index in [0.717, 1.165) is 28.9 Å². The summed E-state index contributed by atoms with van der Waals surface area (Å²) in [6.45, 7) is 7.66. The highest BCUT2D eigenvalue weighted by molar-refractivity contribution is 9.10. The van der Waals surface area contributed by atoms with Gasteiger partial charge in [0.15, 0.2) is 0 Å². The summed E-state index contributed by atoms with van der Waals surface area (Å²) in [6.07, 6.45) is 1.06. The van der Waals surface area contributed by atoms with Crippen LogP contribution in [0.3, 0.4) is 0 Å². The predicted molar refractivity (Wildman–Crippen MR) is 82.2 cm³/mol. The maximum Gasteiger partial charge on any atom is 0.133 e. The lowest BCUT2D eigenvalue weighted by Crippen LogP contribution is -2.15. The summed E-state index contributed by atoms with van der Waals surface area (Å²) >= 11 is 3.61. The van der Waals surface area contributed by atoms with Crippen LogP contribution in [0.4, 0.5) is 5.82 Å². The molecule has 1 aromatic heterocycles. The molecule has 19 heavy (non-hydrogen) atoms. The minimum atomic E-state index is 0.0720. The second-order valence-corrected chi connectivity index (χ2v) is 6.82. The average molecular weight is 320 g/mol. The molecule has 4 heteroatoms. The van der Waals surface area contributed by atoms with Crippen LogP contribution in [-0.2, 0) is 11.8 Å². The first-order chi connectivity index (χ1) is 8.98. The molecule has 2 aromatic rings. The highest BCUT2D eigenvalue weighted by atomic mass is 79.9. The lowest BCUT2D eigenvalue weighted by molar-refractivity contribution is 0.554. The fourth-order valence-electron chi connectivity index (χ4n) is 2.58. The van der Waals surface area contributed by atoms with Crippen molar-refractivity contribution in [2.45, 2.75) is 32.6 Å². The van der Waals surface area contributed by atoms with Gasteiger partial charge in [-0.1, -0.05) is 32.9 Å². The molecule has 100 valence electrons. The van der Waals surface area contributed by atoms with E-state index in [0.29, 0.717) is 0 Å². The molecule has 0 spiro atoms. The number of nitrogens with one attached hydrogen (secondary N) is 1. The molecule has 3 nitrogen and oxygen atoms in total. The zero-order valence-corrected chi connectivity index (χ0v) is 13.1. The molecule has 0 aliphatic carbocycles. The van der Waals surface area contributed by atoms with Gasteiger partial charge < -0.3 is 5.32 Å². The summed E-state index contributed by atoms with van der Waals surface area (Å²) in [4.78, 5) is 0. The van der Waals surface area contributed by atoms with E-state index in [9.17, 15) is 0 Å². The Balaban J connectivity index is 2.22. The molecule has 1 aromatic carbocycles. The smallest absolute Gasteiger partial charge is 0.133 e. The van der Waals surface area contributed by atoms with E-state index in [-0.39, 0.29) is 5.41 Å². The van der Waals surface area contributed by atoms with Gasteiger partial charge >= 0.3 is 0 Å². The van der Waals surface area contributed by atoms with Crippen molar-refractivity contribution in [1.82, 2.24) is 9.78 Å². The van der Waals surface area contributed by atoms with Crippen molar-refractivity contribution in [3.05, 3.63) is 40.0 Å². The normalized spacial score (nSPS) is 14.3. The van der Waals surface area contributed by atoms with E-state index >= 15 is 0 Å². The molecule has 0 saturated heterocycles. The van der Waals surface area contributed by atoms with Crippen LogP contribution in [-0.4, -0.2) is 16.3 Å². The summed E-state index contributed by atoms with van der Waals surface area (Å²) < 4.78 is 3.10. The number of halogens is 1. The van der Waals surface area contributed by atoms with Crippen LogP contribution in [0.2, 0.25) is 0 Å². The van der Waals surface area contributed by atoms with E-state index in [1.54, 1.807) is 0 Å². The van der Waals surface area contributed by atoms with E-state index in [4.69, 9.17) is 5.10 Å². The minimum Gasteiger partial charge on any atom is -0.369 e. The first kappa shape index (κ1) is 12.7. The summed E-state index contributed by atoms with van der Waals surface area (Å²) in [5.74, 6) is 1.15. The molecule has 0 fully saturated rings. The van der Waals surface area contributed by atoms with Crippen molar-refractivity contribution in [1.29, 1.82) is 0 Å². The molecule has 0 saturated carbocycles. The first-order valence-corrected chi connectivity index (χ1v) is 7.39. The topological polar surface area (TPSA) is 29.9 Å². The monoisotopic (exact) mass is 319 g/mol. The Morgan fingerprint density at radius 2 is 2.00 bits per heavy atom. The van der Waals surface area contributed by atoms with Crippen LogP contribution in [0.1, 0.15) is 32.0 Å². The number of hydrogen-bond acceptors (Lipinski definition) is 2. The molecule has 1 aliphatic heterocycles. The number of benzene rings is 1. The Labute approximate surface area is 122 Å². The average Bonchev–Trinajstić information content (AvgIpc) is 2.89. The zero-order chi connectivity index (χ0) is 13.6. The molecule has 0 atom stereocenters. The SMILES string of the molecule is CC(C)(C)c1nn(-c2ccccc2Br)c2c1CCN2. The number of rotatable bonds is 1. The Morgan fingerprint density at radius 1 is 1.26 bits per heavy atom. The maximum atomic E-state index is 4.86. The van der Waals surface area contributed by atoms with Gasteiger partial charge in [-0.3, -0.25) is 0 Å². The molecule has 1 N–H and O–H groups in total. The second kappa shape index (κ2) is 4.37. The summed E-state index contributed by atoms with van der Waals surface area (Å²) in [6, 6.07) is 8.20. The highest BCUT2D eigenvalue weighted by Gasteiger charge is 2.29. The quantitative estimate of drug-likeness (QED) is 0.864. The minimum absolute atomic E-state index is 0.0720. The van der Waals surface area contributed by atoms with Gasteiger partial charge in [0.25, 0.3) is 0 Å². The number of para-hydroxylation sites is 1. The fourth-order valence-corrected chi connectivity index (χ4v) is 3.03. The third-order valence-electron chi connectivity index (χ3n) is 3.44. The van der Waals surface area contributed by atoms with Gasteiger partial charge in [-0.05, 0) is 34.5 Å². The molecule has 2 heterocycles.